The van der Waals surface area contributed by atoms with Gasteiger partial charge in [-0.15, -0.1) is 0 Å². The van der Waals surface area contributed by atoms with E-state index in [1.807, 2.05) is 31.2 Å². The summed E-state index contributed by atoms with van der Waals surface area (Å²) in [6.07, 6.45) is 0.956. The van der Waals surface area contributed by atoms with Crippen LogP contribution in [0.5, 0.6) is 11.5 Å². The Morgan fingerprint density at radius 2 is 1.95 bits per heavy atom. The van der Waals surface area contributed by atoms with Crippen LogP contribution in [0.1, 0.15) is 18.6 Å². The molecule has 7 heteroatoms. The van der Waals surface area contributed by atoms with Crippen LogP contribution in [0.3, 0.4) is 0 Å². The van der Waals surface area contributed by atoms with Crippen LogP contribution in [0.2, 0.25) is 0 Å². The molecule has 0 amide bonds. The third kappa shape index (κ3) is 3.45. The average molecular weight is 288 g/mol. The zero-order valence-electron chi connectivity index (χ0n) is 11.9. The smallest absolute Gasteiger partial charge is 0.490 e. The number of nitrogens with two attached hydrogens (primary N) is 1. The molecule has 0 saturated carbocycles. The minimum Gasteiger partial charge on any atom is -0.496 e. The van der Waals surface area contributed by atoms with Gasteiger partial charge in [-0.05, 0) is 19.1 Å². The van der Waals surface area contributed by atoms with E-state index in [4.69, 9.17) is 15.2 Å². The number of pyridine rings is 1. The van der Waals surface area contributed by atoms with Crippen LogP contribution in [0.15, 0.2) is 36.5 Å². The molecular weight excluding hydrogens is 271 g/mol. The van der Waals surface area contributed by atoms with Crippen molar-refractivity contribution in [3.8, 4) is 11.5 Å². The van der Waals surface area contributed by atoms with E-state index >= 15 is 0 Å². The molecule has 1 atom stereocenters. The topological polar surface area (TPSA) is 97.8 Å². The van der Waals surface area contributed by atoms with Gasteiger partial charge in [0.05, 0.1) is 7.11 Å². The highest BCUT2D eigenvalue weighted by Crippen LogP contribution is 2.30. The van der Waals surface area contributed by atoms with E-state index in [1.165, 1.54) is 12.3 Å². The first-order valence-electron chi connectivity index (χ1n) is 6.44. The highest BCUT2D eigenvalue weighted by Gasteiger charge is 2.18. The fraction of sp³-hybridized carbons (Fsp3) is 0.214. The number of benzene rings is 1. The Balaban J connectivity index is 2.27. The van der Waals surface area contributed by atoms with Crippen LogP contribution in [-0.2, 0) is 0 Å². The predicted molar refractivity (Wildman–Crippen MR) is 80.5 cm³/mol. The van der Waals surface area contributed by atoms with Gasteiger partial charge in [-0.25, -0.2) is 4.98 Å². The Morgan fingerprint density at radius 3 is 2.62 bits per heavy atom. The summed E-state index contributed by atoms with van der Waals surface area (Å²) < 4.78 is 11.1. The number of hydrogen-bond donors (Lipinski definition) is 3. The number of para-hydroxylation sites is 1. The van der Waals surface area contributed by atoms with Crippen molar-refractivity contribution in [3.05, 3.63) is 42.1 Å². The van der Waals surface area contributed by atoms with Crippen molar-refractivity contribution in [1.29, 1.82) is 0 Å². The van der Waals surface area contributed by atoms with E-state index in [9.17, 15) is 10.0 Å². The maximum absolute atomic E-state index is 9.17. The summed E-state index contributed by atoms with van der Waals surface area (Å²) in [7, 11) is -0.0356. The van der Waals surface area contributed by atoms with Gasteiger partial charge in [0.25, 0.3) is 0 Å². The fourth-order valence-electron chi connectivity index (χ4n) is 1.96. The first-order valence-corrected chi connectivity index (χ1v) is 6.44. The molecule has 0 aliphatic heterocycles. The van der Waals surface area contributed by atoms with E-state index < -0.39 is 7.12 Å². The lowest BCUT2D eigenvalue weighted by Crippen LogP contribution is -2.30. The lowest BCUT2D eigenvalue weighted by molar-refractivity contribution is 0.222. The molecular formula is C14H17BN2O4. The minimum absolute atomic E-state index is 0.182. The summed E-state index contributed by atoms with van der Waals surface area (Å²) in [4.78, 5) is 3.89. The molecule has 110 valence electrons. The van der Waals surface area contributed by atoms with E-state index in [0.717, 1.165) is 5.56 Å². The van der Waals surface area contributed by atoms with Crippen LogP contribution in [0, 0.1) is 0 Å². The molecule has 0 aliphatic carbocycles. The van der Waals surface area contributed by atoms with E-state index in [0.29, 0.717) is 11.5 Å². The standard InChI is InChI=1S/C14H17BN2O4/c1-9(11-5-3-4-6-12(11)20-2)21-13-7-10(15(18)19)8-17-14(13)16/h3-9,18-19H,1-2H3,(H2,16,17)/t9-/m1/s1. The van der Waals surface area contributed by atoms with E-state index in [2.05, 4.69) is 4.98 Å². The highest BCUT2D eigenvalue weighted by atomic mass is 16.5. The summed E-state index contributed by atoms with van der Waals surface area (Å²) in [5.41, 5.74) is 6.83. The molecule has 0 unspecified atom stereocenters. The zero-order chi connectivity index (χ0) is 15.4. The largest absolute Gasteiger partial charge is 0.496 e. The van der Waals surface area contributed by atoms with Crippen molar-refractivity contribution >= 4 is 18.4 Å². The molecule has 1 aromatic carbocycles. The molecule has 21 heavy (non-hydrogen) atoms. The van der Waals surface area contributed by atoms with E-state index in [1.54, 1.807) is 7.11 Å². The fourth-order valence-corrected chi connectivity index (χ4v) is 1.96. The molecule has 2 aromatic rings. The number of rotatable bonds is 5. The number of nitrogen functional groups attached to an aromatic ring is 1. The number of aromatic nitrogens is 1. The van der Waals surface area contributed by atoms with Crippen LogP contribution in [0.25, 0.3) is 0 Å². The predicted octanol–water partition coefficient (Wildman–Crippen LogP) is 0.492. The van der Waals surface area contributed by atoms with Gasteiger partial charge in [0, 0.05) is 17.2 Å². The third-order valence-electron chi connectivity index (χ3n) is 3.08. The highest BCUT2D eigenvalue weighted by molar-refractivity contribution is 6.58. The van der Waals surface area contributed by atoms with Gasteiger partial charge < -0.3 is 25.3 Å². The normalized spacial score (nSPS) is 11.8. The maximum atomic E-state index is 9.17. The van der Waals surface area contributed by atoms with Crippen LogP contribution >= 0.6 is 0 Å². The van der Waals surface area contributed by atoms with Crippen molar-refractivity contribution in [2.75, 3.05) is 12.8 Å². The van der Waals surface area contributed by atoms with Crippen molar-refractivity contribution in [2.45, 2.75) is 13.0 Å². The van der Waals surface area contributed by atoms with Gasteiger partial charge in [0.2, 0.25) is 0 Å². The monoisotopic (exact) mass is 288 g/mol. The second-order valence-corrected chi connectivity index (χ2v) is 4.53. The van der Waals surface area contributed by atoms with Gasteiger partial charge >= 0.3 is 7.12 Å². The van der Waals surface area contributed by atoms with Gasteiger partial charge in [0.15, 0.2) is 11.6 Å². The molecule has 0 aliphatic rings. The summed E-state index contributed by atoms with van der Waals surface area (Å²) in [6, 6.07) is 8.93. The Morgan fingerprint density at radius 1 is 1.24 bits per heavy atom. The summed E-state index contributed by atoms with van der Waals surface area (Å²) in [5.74, 6) is 1.18. The Bertz CT molecular complexity index is 622. The molecule has 2 rings (SSSR count). The van der Waals surface area contributed by atoms with Crippen molar-refractivity contribution in [2.24, 2.45) is 0 Å². The lowest BCUT2D eigenvalue weighted by Gasteiger charge is -2.18. The molecule has 1 heterocycles. The summed E-state index contributed by atoms with van der Waals surface area (Å²) in [5, 5.41) is 18.3. The summed E-state index contributed by atoms with van der Waals surface area (Å²) in [6.45, 7) is 1.85. The molecule has 6 nitrogen and oxygen atoms in total. The van der Waals surface area contributed by atoms with Gasteiger partial charge in [-0.3, -0.25) is 0 Å². The van der Waals surface area contributed by atoms with Gasteiger partial charge in [-0.2, -0.15) is 0 Å². The van der Waals surface area contributed by atoms with Gasteiger partial charge in [-0.1, -0.05) is 18.2 Å². The third-order valence-corrected chi connectivity index (χ3v) is 3.08. The molecule has 0 saturated heterocycles. The van der Waals surface area contributed by atoms with Crippen molar-refractivity contribution in [1.82, 2.24) is 4.98 Å². The number of hydrogen-bond acceptors (Lipinski definition) is 6. The number of ether oxygens (including phenoxy) is 2. The average Bonchev–Trinajstić information content (AvgIpc) is 2.49. The quantitative estimate of drug-likeness (QED) is 0.693. The van der Waals surface area contributed by atoms with Gasteiger partial charge in [0.1, 0.15) is 11.9 Å². The first-order chi connectivity index (χ1) is 10.0. The van der Waals surface area contributed by atoms with Crippen LogP contribution < -0.4 is 20.7 Å². The number of anilines is 1. The molecule has 4 N–H and O–H groups in total. The first kappa shape index (κ1) is 15.1. The molecule has 0 radical (unpaired) electrons. The number of nitrogens with zero attached hydrogens (tertiary/aromatic N) is 1. The Hall–Kier alpha value is -2.25. The number of methoxy groups -OCH3 is 1. The molecule has 0 spiro atoms. The molecule has 0 bridgehead atoms. The van der Waals surface area contributed by atoms with Crippen LogP contribution in [-0.4, -0.2) is 29.3 Å². The molecule has 0 fully saturated rings. The molecule has 1 aromatic heterocycles. The van der Waals surface area contributed by atoms with Crippen molar-refractivity contribution in [3.63, 3.8) is 0 Å². The van der Waals surface area contributed by atoms with Crippen LogP contribution in [0.4, 0.5) is 5.82 Å². The van der Waals surface area contributed by atoms with Crippen molar-refractivity contribution < 1.29 is 19.5 Å². The lowest BCUT2D eigenvalue weighted by atomic mass is 9.81. The second kappa shape index (κ2) is 6.47. The Labute approximate surface area is 123 Å². The second-order valence-electron chi connectivity index (χ2n) is 4.53. The minimum atomic E-state index is -1.62. The maximum Gasteiger partial charge on any atom is 0.490 e. The Kier molecular flexibility index (Phi) is 4.67. The summed E-state index contributed by atoms with van der Waals surface area (Å²) >= 11 is 0. The zero-order valence-corrected chi connectivity index (χ0v) is 11.9. The van der Waals surface area contributed by atoms with E-state index in [-0.39, 0.29) is 17.4 Å². The SMILES string of the molecule is COc1ccccc1[C@@H](C)Oc1cc(B(O)O)cnc1N.